The van der Waals surface area contributed by atoms with E-state index in [2.05, 4.69) is 72.8 Å². The lowest BCUT2D eigenvalue weighted by Gasteiger charge is -2.18. The quantitative estimate of drug-likeness (QED) is 0.273. The lowest BCUT2D eigenvalue weighted by molar-refractivity contribution is 0.415. The van der Waals surface area contributed by atoms with Crippen LogP contribution in [0.3, 0.4) is 0 Å². The molecule has 0 heterocycles. The lowest BCUT2D eigenvalue weighted by atomic mass is 9.86. The van der Waals surface area contributed by atoms with Gasteiger partial charge in [0.2, 0.25) is 0 Å². The lowest BCUT2D eigenvalue weighted by Crippen LogP contribution is -1.91. The van der Waals surface area contributed by atoms with Gasteiger partial charge >= 0.3 is 0 Å². The molecule has 0 fully saturated rings. The van der Waals surface area contributed by atoms with Crippen molar-refractivity contribution in [3.8, 4) is 33.8 Å². The fraction of sp³-hybridized carbons (Fsp3) is 0.0667. The minimum absolute atomic E-state index is 0.868. The summed E-state index contributed by atoms with van der Waals surface area (Å²) in [5.74, 6) is 1.74. The molecule has 0 unspecified atom stereocenters. The summed E-state index contributed by atoms with van der Waals surface area (Å²) in [5.41, 5.74) is 4.86. The highest BCUT2D eigenvalue weighted by molar-refractivity contribution is 6.29. The van der Waals surface area contributed by atoms with E-state index in [1.54, 1.807) is 14.2 Å². The second kappa shape index (κ2) is 7.28. The van der Waals surface area contributed by atoms with Gasteiger partial charge in [-0.2, -0.15) is 0 Å². The van der Waals surface area contributed by atoms with Gasteiger partial charge in [-0.3, -0.25) is 0 Å². The predicted octanol–water partition coefficient (Wildman–Crippen LogP) is 7.94. The highest BCUT2D eigenvalue weighted by Crippen LogP contribution is 2.44. The second-order valence-corrected chi connectivity index (χ2v) is 8.11. The average molecular weight is 415 g/mol. The Bertz CT molecular complexity index is 1450. The van der Waals surface area contributed by atoms with Crippen molar-refractivity contribution in [1.29, 1.82) is 0 Å². The number of rotatable bonds is 4. The Morgan fingerprint density at radius 1 is 0.469 bits per heavy atom. The van der Waals surface area contributed by atoms with E-state index in [1.165, 1.54) is 54.6 Å². The second-order valence-electron chi connectivity index (χ2n) is 8.11. The maximum atomic E-state index is 5.37. The number of ether oxygens (including phenoxy) is 2. The van der Waals surface area contributed by atoms with Gasteiger partial charge in [-0.05, 0) is 91.0 Å². The van der Waals surface area contributed by atoms with Crippen molar-refractivity contribution in [3.63, 3.8) is 0 Å². The van der Waals surface area contributed by atoms with Gasteiger partial charge in [-0.15, -0.1) is 0 Å². The summed E-state index contributed by atoms with van der Waals surface area (Å²) in [6.07, 6.45) is 0. The Hall–Kier alpha value is -4.04. The minimum Gasteiger partial charge on any atom is -0.497 e. The highest BCUT2D eigenvalue weighted by atomic mass is 16.5. The molecule has 0 aromatic heterocycles. The summed E-state index contributed by atoms with van der Waals surface area (Å²) in [5, 5.41) is 7.71. The van der Waals surface area contributed by atoms with Crippen LogP contribution in [-0.2, 0) is 0 Å². The van der Waals surface area contributed by atoms with Crippen molar-refractivity contribution >= 4 is 32.3 Å². The van der Waals surface area contributed by atoms with E-state index >= 15 is 0 Å². The van der Waals surface area contributed by atoms with Crippen molar-refractivity contribution in [3.05, 3.63) is 97.1 Å². The number of hydrogen-bond donors (Lipinski definition) is 0. The summed E-state index contributed by atoms with van der Waals surface area (Å²) in [6, 6.07) is 34.5. The van der Waals surface area contributed by atoms with Gasteiger partial charge < -0.3 is 9.47 Å². The topological polar surface area (TPSA) is 18.5 Å². The van der Waals surface area contributed by atoms with Crippen LogP contribution in [0.25, 0.3) is 54.6 Å². The van der Waals surface area contributed by atoms with E-state index in [9.17, 15) is 0 Å². The number of hydrogen-bond acceptors (Lipinski definition) is 2. The smallest absolute Gasteiger partial charge is 0.118 e. The van der Waals surface area contributed by atoms with Crippen molar-refractivity contribution in [2.45, 2.75) is 0 Å². The van der Waals surface area contributed by atoms with E-state index in [4.69, 9.17) is 9.47 Å². The van der Waals surface area contributed by atoms with Crippen LogP contribution in [0, 0.1) is 0 Å². The molecule has 154 valence electrons. The van der Waals surface area contributed by atoms with Crippen molar-refractivity contribution in [1.82, 2.24) is 0 Å². The molecule has 6 aromatic rings. The molecule has 0 aliphatic carbocycles. The van der Waals surface area contributed by atoms with E-state index in [1.807, 2.05) is 24.3 Å². The summed E-state index contributed by atoms with van der Waals surface area (Å²) >= 11 is 0. The standard InChI is InChI=1S/C30H22O2/c1-31-23-13-9-19(10-14-23)27-17-21-5-3-6-22-18-28(20-11-15-24(32-2)16-12-20)26-8-4-7-25(27)30(26)29(21)22/h3-18H,1-2H3. The fourth-order valence-electron chi connectivity index (χ4n) is 4.87. The van der Waals surface area contributed by atoms with Crippen LogP contribution in [-0.4, -0.2) is 14.2 Å². The summed E-state index contributed by atoms with van der Waals surface area (Å²) in [4.78, 5) is 0. The summed E-state index contributed by atoms with van der Waals surface area (Å²) in [6.45, 7) is 0. The SMILES string of the molecule is COc1ccc(-c2cc3cccc4cc(-c5ccc(OC)cc5)c5cccc2c5c34)cc1. The first-order valence-electron chi connectivity index (χ1n) is 10.8. The Morgan fingerprint density at radius 2 is 0.906 bits per heavy atom. The van der Waals surface area contributed by atoms with Gasteiger partial charge in [0.15, 0.2) is 0 Å². The Morgan fingerprint density at radius 3 is 1.34 bits per heavy atom. The van der Waals surface area contributed by atoms with Crippen LogP contribution in [0.1, 0.15) is 0 Å². The molecule has 0 spiro atoms. The average Bonchev–Trinajstić information content (AvgIpc) is 2.87. The van der Waals surface area contributed by atoms with Gasteiger partial charge in [0.1, 0.15) is 11.5 Å². The van der Waals surface area contributed by atoms with Crippen molar-refractivity contribution < 1.29 is 9.47 Å². The molecular formula is C30H22O2. The third-order valence-corrected chi connectivity index (χ3v) is 6.43. The third-order valence-electron chi connectivity index (χ3n) is 6.43. The van der Waals surface area contributed by atoms with Gasteiger partial charge in [-0.25, -0.2) is 0 Å². The molecular weight excluding hydrogens is 392 g/mol. The van der Waals surface area contributed by atoms with E-state index in [-0.39, 0.29) is 0 Å². The van der Waals surface area contributed by atoms with Crippen LogP contribution in [0.15, 0.2) is 97.1 Å². The van der Waals surface area contributed by atoms with Gasteiger partial charge in [0.25, 0.3) is 0 Å². The summed E-state index contributed by atoms with van der Waals surface area (Å²) < 4.78 is 10.7. The fourth-order valence-corrected chi connectivity index (χ4v) is 4.87. The Balaban J connectivity index is 1.71. The molecule has 0 saturated carbocycles. The van der Waals surface area contributed by atoms with Crippen LogP contribution in [0.4, 0.5) is 0 Å². The van der Waals surface area contributed by atoms with E-state index in [0.29, 0.717) is 0 Å². The molecule has 6 rings (SSSR count). The first kappa shape index (κ1) is 18.7. The zero-order chi connectivity index (χ0) is 21.7. The molecule has 2 heteroatoms. The predicted molar refractivity (Wildman–Crippen MR) is 134 cm³/mol. The molecule has 6 aromatic carbocycles. The molecule has 0 aliphatic rings. The Labute approximate surface area is 187 Å². The largest absolute Gasteiger partial charge is 0.497 e. The molecule has 0 bridgehead atoms. The van der Waals surface area contributed by atoms with Crippen molar-refractivity contribution in [2.24, 2.45) is 0 Å². The number of methoxy groups -OCH3 is 2. The first-order valence-corrected chi connectivity index (χ1v) is 10.8. The molecule has 32 heavy (non-hydrogen) atoms. The molecule has 2 nitrogen and oxygen atoms in total. The van der Waals surface area contributed by atoms with Gasteiger partial charge in [0.05, 0.1) is 14.2 Å². The van der Waals surface area contributed by atoms with E-state index < -0.39 is 0 Å². The molecule has 0 amide bonds. The normalized spacial score (nSPS) is 11.4. The monoisotopic (exact) mass is 414 g/mol. The maximum absolute atomic E-state index is 5.37. The first-order chi connectivity index (χ1) is 15.8. The van der Waals surface area contributed by atoms with Gasteiger partial charge in [0, 0.05) is 0 Å². The summed E-state index contributed by atoms with van der Waals surface area (Å²) in [7, 11) is 3.40. The zero-order valence-electron chi connectivity index (χ0n) is 18.1. The zero-order valence-corrected chi connectivity index (χ0v) is 18.1. The third kappa shape index (κ3) is 2.80. The molecule has 0 N–H and O–H groups in total. The molecule has 0 radical (unpaired) electrons. The molecule has 0 aliphatic heterocycles. The molecule has 0 atom stereocenters. The minimum atomic E-state index is 0.868. The maximum Gasteiger partial charge on any atom is 0.118 e. The highest BCUT2D eigenvalue weighted by Gasteiger charge is 2.16. The van der Waals surface area contributed by atoms with Gasteiger partial charge in [-0.1, -0.05) is 60.7 Å². The molecule has 0 saturated heterocycles. The van der Waals surface area contributed by atoms with E-state index in [0.717, 1.165) is 11.5 Å². The van der Waals surface area contributed by atoms with Crippen LogP contribution in [0.5, 0.6) is 11.5 Å². The van der Waals surface area contributed by atoms with Crippen LogP contribution >= 0.6 is 0 Å². The Kier molecular flexibility index (Phi) is 4.26. The van der Waals surface area contributed by atoms with Crippen molar-refractivity contribution in [2.75, 3.05) is 14.2 Å². The van der Waals surface area contributed by atoms with Crippen LogP contribution < -0.4 is 9.47 Å². The van der Waals surface area contributed by atoms with Crippen LogP contribution in [0.2, 0.25) is 0 Å². The number of benzene rings is 6.